The van der Waals surface area contributed by atoms with Crippen LogP contribution in [-0.2, 0) is 0 Å². The fraction of sp³-hybridized carbons (Fsp3) is 0.167. The van der Waals surface area contributed by atoms with Crippen LogP contribution in [-0.4, -0.2) is 34.3 Å². The molecule has 0 radical (unpaired) electrons. The summed E-state index contributed by atoms with van der Waals surface area (Å²) in [5, 5.41) is 12.3. The molecule has 6 nitrogen and oxygen atoms in total. The molecule has 0 saturated carbocycles. The maximum atomic E-state index is 6.27. The van der Waals surface area contributed by atoms with Crippen LogP contribution >= 0.6 is 23.2 Å². The Labute approximate surface area is 161 Å². The number of aryl methyl sites for hydroxylation is 1. The van der Waals surface area contributed by atoms with Gasteiger partial charge in [0.1, 0.15) is 31.6 Å². The molecule has 3 aromatic rings. The molecular weight excluding hydrogens is 375 g/mol. The quantitative estimate of drug-likeness (QED) is 0.447. The van der Waals surface area contributed by atoms with Crippen molar-refractivity contribution in [1.82, 2.24) is 14.9 Å². The van der Waals surface area contributed by atoms with Crippen molar-refractivity contribution in [3.8, 4) is 11.5 Å². The Morgan fingerprint density at radius 3 is 2.27 bits per heavy atom. The normalized spacial score (nSPS) is 11.0. The van der Waals surface area contributed by atoms with Crippen LogP contribution in [0.25, 0.3) is 0 Å². The van der Waals surface area contributed by atoms with E-state index in [2.05, 4.69) is 15.3 Å². The van der Waals surface area contributed by atoms with Crippen LogP contribution in [0.1, 0.15) is 11.1 Å². The lowest BCUT2D eigenvalue weighted by atomic mass is 10.2. The van der Waals surface area contributed by atoms with E-state index in [1.807, 2.05) is 31.2 Å². The zero-order valence-electron chi connectivity index (χ0n) is 14.0. The van der Waals surface area contributed by atoms with Crippen LogP contribution in [0.2, 0.25) is 10.0 Å². The molecule has 26 heavy (non-hydrogen) atoms. The summed E-state index contributed by atoms with van der Waals surface area (Å²) in [6.07, 6.45) is 4.56. The van der Waals surface area contributed by atoms with Crippen molar-refractivity contribution in [2.24, 2.45) is 5.10 Å². The van der Waals surface area contributed by atoms with Gasteiger partial charge in [0.2, 0.25) is 0 Å². The van der Waals surface area contributed by atoms with Crippen LogP contribution in [0.4, 0.5) is 0 Å². The summed E-state index contributed by atoms with van der Waals surface area (Å²) < 4.78 is 12.7. The largest absolute Gasteiger partial charge is 0.490 e. The number of halogens is 2. The molecule has 0 aliphatic heterocycles. The minimum Gasteiger partial charge on any atom is -0.490 e. The number of hydrogen-bond donors (Lipinski definition) is 0. The van der Waals surface area contributed by atoms with Gasteiger partial charge in [-0.15, -0.1) is 10.2 Å². The van der Waals surface area contributed by atoms with E-state index in [0.29, 0.717) is 29.0 Å². The van der Waals surface area contributed by atoms with Gasteiger partial charge in [-0.1, -0.05) is 40.9 Å². The van der Waals surface area contributed by atoms with E-state index in [1.165, 1.54) is 22.9 Å². The Balaban J connectivity index is 1.57. The highest BCUT2D eigenvalue weighted by Crippen LogP contribution is 2.33. The number of aromatic nitrogens is 3. The zero-order valence-corrected chi connectivity index (χ0v) is 15.5. The van der Waals surface area contributed by atoms with Gasteiger partial charge in [0, 0.05) is 0 Å². The molecule has 0 atom stereocenters. The molecule has 1 heterocycles. The average Bonchev–Trinajstić information content (AvgIpc) is 3.14. The standard InChI is InChI=1S/C18H16Cl2N4O2/c1-13-2-4-15(5-3-13)25-6-7-26-18-16(19)8-14(9-17(18)20)10-23-24-11-21-22-12-24/h2-5,8-12H,6-7H2,1H3. The molecule has 0 N–H and O–H groups in total. The lowest BCUT2D eigenvalue weighted by Gasteiger charge is -2.11. The molecular formula is C18H16Cl2N4O2. The lowest BCUT2D eigenvalue weighted by molar-refractivity contribution is 0.217. The Morgan fingerprint density at radius 1 is 1.00 bits per heavy atom. The Morgan fingerprint density at radius 2 is 1.62 bits per heavy atom. The first-order valence-corrected chi connectivity index (χ1v) is 8.58. The highest BCUT2D eigenvalue weighted by Gasteiger charge is 2.09. The molecule has 0 amide bonds. The number of nitrogens with zero attached hydrogens (tertiary/aromatic N) is 4. The second kappa shape index (κ2) is 8.69. The van der Waals surface area contributed by atoms with E-state index in [4.69, 9.17) is 32.7 Å². The molecule has 0 aliphatic rings. The molecule has 1 aromatic heterocycles. The fourth-order valence-corrected chi connectivity index (χ4v) is 2.73. The van der Waals surface area contributed by atoms with Crippen LogP contribution in [0.5, 0.6) is 11.5 Å². The smallest absolute Gasteiger partial charge is 0.156 e. The SMILES string of the molecule is Cc1ccc(OCCOc2c(Cl)cc(C=Nn3cnnc3)cc2Cl)cc1. The summed E-state index contributed by atoms with van der Waals surface area (Å²) in [5.41, 5.74) is 1.91. The summed E-state index contributed by atoms with van der Waals surface area (Å²) in [4.78, 5) is 0. The van der Waals surface area contributed by atoms with Gasteiger partial charge in [-0.2, -0.15) is 5.10 Å². The van der Waals surface area contributed by atoms with Crippen LogP contribution < -0.4 is 9.47 Å². The van der Waals surface area contributed by atoms with E-state index in [0.717, 1.165) is 11.3 Å². The van der Waals surface area contributed by atoms with Gasteiger partial charge in [-0.25, -0.2) is 4.68 Å². The summed E-state index contributed by atoms with van der Waals surface area (Å²) in [6.45, 7) is 2.73. The third-order valence-electron chi connectivity index (χ3n) is 3.39. The van der Waals surface area contributed by atoms with Crippen molar-refractivity contribution in [1.29, 1.82) is 0 Å². The predicted molar refractivity (Wildman–Crippen MR) is 102 cm³/mol. The number of ether oxygens (including phenoxy) is 2. The first-order chi connectivity index (χ1) is 12.6. The predicted octanol–water partition coefficient (Wildman–Crippen LogP) is 4.23. The number of benzene rings is 2. The Hall–Kier alpha value is -2.57. The van der Waals surface area contributed by atoms with Gasteiger partial charge in [-0.3, -0.25) is 0 Å². The molecule has 0 bridgehead atoms. The second-order valence-electron chi connectivity index (χ2n) is 5.41. The van der Waals surface area contributed by atoms with Crippen molar-refractivity contribution in [3.05, 3.63) is 70.2 Å². The summed E-state index contributed by atoms with van der Waals surface area (Å²) in [7, 11) is 0. The van der Waals surface area contributed by atoms with Crippen molar-refractivity contribution in [2.75, 3.05) is 13.2 Å². The highest BCUT2D eigenvalue weighted by molar-refractivity contribution is 6.37. The molecule has 134 valence electrons. The van der Waals surface area contributed by atoms with Crippen LogP contribution in [0.15, 0.2) is 54.2 Å². The first kappa shape index (κ1) is 18.2. The fourth-order valence-electron chi connectivity index (χ4n) is 2.12. The van der Waals surface area contributed by atoms with Crippen molar-refractivity contribution < 1.29 is 9.47 Å². The first-order valence-electron chi connectivity index (χ1n) is 7.82. The molecule has 2 aromatic carbocycles. The Kier molecular flexibility index (Phi) is 6.09. The molecule has 0 spiro atoms. The molecule has 0 fully saturated rings. The monoisotopic (exact) mass is 390 g/mol. The maximum Gasteiger partial charge on any atom is 0.156 e. The molecule has 3 rings (SSSR count). The maximum absolute atomic E-state index is 6.27. The number of hydrogen-bond acceptors (Lipinski definition) is 5. The molecule has 8 heteroatoms. The van der Waals surface area contributed by atoms with Gasteiger partial charge in [0.25, 0.3) is 0 Å². The number of rotatable bonds is 7. The minimum atomic E-state index is 0.321. The van der Waals surface area contributed by atoms with Gasteiger partial charge < -0.3 is 9.47 Å². The van der Waals surface area contributed by atoms with Gasteiger partial charge in [-0.05, 0) is 36.8 Å². The summed E-state index contributed by atoms with van der Waals surface area (Å²) in [6, 6.07) is 11.3. The molecule has 0 saturated heterocycles. The molecule has 0 aliphatic carbocycles. The van der Waals surface area contributed by atoms with E-state index in [9.17, 15) is 0 Å². The van der Waals surface area contributed by atoms with E-state index in [1.54, 1.807) is 18.3 Å². The van der Waals surface area contributed by atoms with E-state index < -0.39 is 0 Å². The summed E-state index contributed by atoms with van der Waals surface area (Å²) >= 11 is 12.5. The Bertz CT molecular complexity index is 858. The lowest BCUT2D eigenvalue weighted by Crippen LogP contribution is -2.09. The van der Waals surface area contributed by atoms with Crippen molar-refractivity contribution in [3.63, 3.8) is 0 Å². The third kappa shape index (κ3) is 4.97. The topological polar surface area (TPSA) is 61.5 Å². The zero-order chi connectivity index (χ0) is 18.4. The third-order valence-corrected chi connectivity index (χ3v) is 3.95. The van der Waals surface area contributed by atoms with Crippen molar-refractivity contribution >= 4 is 29.4 Å². The van der Waals surface area contributed by atoms with E-state index in [-0.39, 0.29) is 0 Å². The van der Waals surface area contributed by atoms with Gasteiger partial charge in [0.15, 0.2) is 5.75 Å². The average molecular weight is 391 g/mol. The molecule has 0 unspecified atom stereocenters. The van der Waals surface area contributed by atoms with Gasteiger partial charge >= 0.3 is 0 Å². The van der Waals surface area contributed by atoms with Crippen molar-refractivity contribution in [2.45, 2.75) is 6.92 Å². The van der Waals surface area contributed by atoms with Crippen LogP contribution in [0, 0.1) is 6.92 Å². The van der Waals surface area contributed by atoms with E-state index >= 15 is 0 Å². The van der Waals surface area contributed by atoms with Crippen LogP contribution in [0.3, 0.4) is 0 Å². The minimum absolute atomic E-state index is 0.321. The summed E-state index contributed by atoms with van der Waals surface area (Å²) in [5.74, 6) is 1.21. The van der Waals surface area contributed by atoms with Gasteiger partial charge in [0.05, 0.1) is 16.3 Å². The highest BCUT2D eigenvalue weighted by atomic mass is 35.5. The second-order valence-corrected chi connectivity index (χ2v) is 6.22.